The zero-order valence-corrected chi connectivity index (χ0v) is 10.4. The van der Waals surface area contributed by atoms with E-state index >= 15 is 0 Å². The highest BCUT2D eigenvalue weighted by molar-refractivity contribution is 6.39. The van der Waals surface area contributed by atoms with Gasteiger partial charge in [-0.25, -0.2) is 9.80 Å². The summed E-state index contributed by atoms with van der Waals surface area (Å²) in [6.07, 6.45) is -0.451. The van der Waals surface area contributed by atoms with Crippen molar-refractivity contribution in [2.45, 2.75) is 31.4 Å². The molecular weight excluding hydrogens is 254 g/mol. The molecule has 8 nitrogen and oxygen atoms in total. The minimum Gasteiger partial charge on any atom is -0.480 e. The topological polar surface area (TPSA) is 111 Å². The molecule has 2 aliphatic rings. The number of hydrogen-bond acceptors (Lipinski definition) is 5. The van der Waals surface area contributed by atoms with Gasteiger partial charge in [0.25, 0.3) is 5.91 Å². The number of rotatable bonds is 2. The Kier molecular flexibility index (Phi) is 3.52. The SMILES string of the molecule is CN1N=C(C(=O)N2CC(O)CC2C(=O)O)CCC1=O. The molecule has 0 bridgehead atoms. The smallest absolute Gasteiger partial charge is 0.326 e. The van der Waals surface area contributed by atoms with Crippen LogP contribution in [0.5, 0.6) is 0 Å². The molecule has 2 amide bonds. The van der Waals surface area contributed by atoms with Crippen molar-refractivity contribution in [1.29, 1.82) is 0 Å². The highest BCUT2D eigenvalue weighted by atomic mass is 16.4. The maximum absolute atomic E-state index is 12.2. The molecule has 0 saturated carbocycles. The number of aliphatic hydroxyl groups is 1. The van der Waals surface area contributed by atoms with Crippen molar-refractivity contribution in [2.75, 3.05) is 13.6 Å². The fraction of sp³-hybridized carbons (Fsp3) is 0.636. The third-order valence-corrected chi connectivity index (χ3v) is 3.28. The van der Waals surface area contributed by atoms with E-state index in [0.717, 1.165) is 9.91 Å². The Bertz CT molecular complexity index is 461. The Hall–Kier alpha value is -1.96. The van der Waals surface area contributed by atoms with Crippen LogP contribution >= 0.6 is 0 Å². The molecule has 2 heterocycles. The standard InChI is InChI=1S/C11H15N3O5/c1-13-9(16)3-2-7(12-13)10(17)14-5-6(15)4-8(14)11(18)19/h6,8,15H,2-5H2,1H3,(H,18,19). The zero-order chi connectivity index (χ0) is 14.2. The van der Waals surface area contributed by atoms with E-state index in [1.807, 2.05) is 0 Å². The zero-order valence-electron chi connectivity index (χ0n) is 10.4. The molecule has 2 N–H and O–H groups in total. The van der Waals surface area contributed by atoms with Crippen LogP contribution in [0.1, 0.15) is 19.3 Å². The summed E-state index contributed by atoms with van der Waals surface area (Å²) in [5, 5.41) is 23.5. The number of aliphatic carboxylic acids is 1. The average molecular weight is 269 g/mol. The molecule has 19 heavy (non-hydrogen) atoms. The molecule has 0 aromatic rings. The first kappa shape index (κ1) is 13.5. The fourth-order valence-corrected chi connectivity index (χ4v) is 2.26. The Morgan fingerprint density at radius 1 is 1.37 bits per heavy atom. The number of hydrogen-bond donors (Lipinski definition) is 2. The summed E-state index contributed by atoms with van der Waals surface area (Å²) in [5.41, 5.74) is 0.155. The minimum absolute atomic E-state index is 0.0170. The lowest BCUT2D eigenvalue weighted by atomic mass is 10.1. The van der Waals surface area contributed by atoms with E-state index in [1.165, 1.54) is 7.05 Å². The van der Waals surface area contributed by atoms with Gasteiger partial charge < -0.3 is 15.1 Å². The molecule has 2 rings (SSSR count). The van der Waals surface area contributed by atoms with Gasteiger partial charge in [-0.3, -0.25) is 9.59 Å². The molecule has 0 radical (unpaired) electrons. The summed E-state index contributed by atoms with van der Waals surface area (Å²) in [6, 6.07) is -1.03. The summed E-state index contributed by atoms with van der Waals surface area (Å²) in [7, 11) is 1.45. The Morgan fingerprint density at radius 2 is 2.05 bits per heavy atom. The lowest BCUT2D eigenvalue weighted by Gasteiger charge is -2.25. The number of β-amino-alcohol motifs (C(OH)–C–C–N with tert-alkyl or cyclic N) is 1. The lowest BCUT2D eigenvalue weighted by Crippen LogP contribution is -2.46. The van der Waals surface area contributed by atoms with Gasteiger partial charge in [0.2, 0.25) is 5.91 Å². The largest absolute Gasteiger partial charge is 0.480 e. The normalized spacial score (nSPS) is 27.5. The summed E-state index contributed by atoms with van der Waals surface area (Å²) < 4.78 is 0. The number of carboxylic acids is 1. The van der Waals surface area contributed by atoms with Gasteiger partial charge in [0.1, 0.15) is 11.8 Å². The summed E-state index contributed by atoms with van der Waals surface area (Å²) >= 11 is 0. The van der Waals surface area contributed by atoms with Crippen molar-refractivity contribution in [2.24, 2.45) is 5.10 Å². The third kappa shape index (κ3) is 2.58. The first-order valence-electron chi connectivity index (χ1n) is 5.96. The van der Waals surface area contributed by atoms with Gasteiger partial charge in [-0.15, -0.1) is 0 Å². The minimum atomic E-state index is -1.15. The predicted octanol–water partition coefficient (Wildman–Crippen LogP) is -1.36. The van der Waals surface area contributed by atoms with Crippen molar-refractivity contribution in [1.82, 2.24) is 9.91 Å². The first-order chi connectivity index (χ1) is 8.90. The van der Waals surface area contributed by atoms with Gasteiger partial charge >= 0.3 is 5.97 Å². The first-order valence-corrected chi connectivity index (χ1v) is 5.96. The predicted molar refractivity (Wildman–Crippen MR) is 63.2 cm³/mol. The van der Waals surface area contributed by atoms with Crippen LogP contribution in [0.2, 0.25) is 0 Å². The number of nitrogens with zero attached hydrogens (tertiary/aromatic N) is 3. The van der Waals surface area contributed by atoms with Gasteiger partial charge in [0.15, 0.2) is 0 Å². The van der Waals surface area contributed by atoms with Crippen LogP contribution in [0.4, 0.5) is 0 Å². The molecule has 2 atom stereocenters. The van der Waals surface area contributed by atoms with E-state index in [9.17, 15) is 19.5 Å². The highest BCUT2D eigenvalue weighted by Gasteiger charge is 2.40. The number of aliphatic hydroxyl groups excluding tert-OH is 1. The Balaban J connectivity index is 2.17. The molecule has 0 aliphatic carbocycles. The number of carbonyl (C=O) groups is 3. The van der Waals surface area contributed by atoms with Crippen LogP contribution in [0.15, 0.2) is 5.10 Å². The molecule has 0 aromatic heterocycles. The van der Waals surface area contributed by atoms with Crippen molar-refractivity contribution in [3.8, 4) is 0 Å². The van der Waals surface area contributed by atoms with Crippen LogP contribution in [-0.4, -0.2) is 69.4 Å². The molecule has 1 fully saturated rings. The maximum atomic E-state index is 12.2. The quantitative estimate of drug-likeness (QED) is 0.643. The van der Waals surface area contributed by atoms with Gasteiger partial charge in [-0.1, -0.05) is 0 Å². The molecule has 2 aliphatic heterocycles. The van der Waals surface area contributed by atoms with E-state index in [4.69, 9.17) is 5.11 Å². The lowest BCUT2D eigenvalue weighted by molar-refractivity contribution is -0.146. The van der Waals surface area contributed by atoms with E-state index in [2.05, 4.69) is 5.10 Å². The van der Waals surface area contributed by atoms with Crippen LogP contribution in [0, 0.1) is 0 Å². The molecule has 2 unspecified atom stereocenters. The monoisotopic (exact) mass is 269 g/mol. The summed E-state index contributed by atoms with van der Waals surface area (Å²) in [5.74, 6) is -1.86. The molecule has 0 aromatic carbocycles. The number of carboxylic acid groups (broad SMARTS) is 1. The molecule has 104 valence electrons. The van der Waals surface area contributed by atoms with Gasteiger partial charge in [-0.2, -0.15) is 5.10 Å². The van der Waals surface area contributed by atoms with Crippen molar-refractivity contribution >= 4 is 23.5 Å². The number of likely N-dealkylation sites (tertiary alicyclic amines) is 1. The Labute approximate surface area is 109 Å². The second-order valence-corrected chi connectivity index (χ2v) is 4.67. The second kappa shape index (κ2) is 4.96. The molecule has 1 saturated heterocycles. The third-order valence-electron chi connectivity index (χ3n) is 3.28. The van der Waals surface area contributed by atoms with E-state index < -0.39 is 24.0 Å². The fourth-order valence-electron chi connectivity index (χ4n) is 2.26. The second-order valence-electron chi connectivity index (χ2n) is 4.67. The summed E-state index contributed by atoms with van der Waals surface area (Å²) in [4.78, 5) is 35.6. The van der Waals surface area contributed by atoms with Crippen LogP contribution < -0.4 is 0 Å². The van der Waals surface area contributed by atoms with Gasteiger partial charge in [-0.05, 0) is 0 Å². The summed E-state index contributed by atoms with van der Waals surface area (Å²) in [6.45, 7) is -0.0213. The van der Waals surface area contributed by atoms with E-state index in [1.54, 1.807) is 0 Å². The maximum Gasteiger partial charge on any atom is 0.326 e. The van der Waals surface area contributed by atoms with Crippen molar-refractivity contribution < 1.29 is 24.6 Å². The molecule has 0 spiro atoms. The average Bonchev–Trinajstić information content (AvgIpc) is 2.74. The highest BCUT2D eigenvalue weighted by Crippen LogP contribution is 2.20. The van der Waals surface area contributed by atoms with Crippen LogP contribution in [0.3, 0.4) is 0 Å². The number of carbonyl (C=O) groups excluding carboxylic acids is 2. The van der Waals surface area contributed by atoms with E-state index in [-0.39, 0.29) is 37.4 Å². The van der Waals surface area contributed by atoms with Crippen molar-refractivity contribution in [3.05, 3.63) is 0 Å². The number of hydrazone groups is 1. The molecule has 8 heteroatoms. The number of amides is 2. The van der Waals surface area contributed by atoms with Crippen LogP contribution in [-0.2, 0) is 14.4 Å². The Morgan fingerprint density at radius 3 is 2.63 bits per heavy atom. The van der Waals surface area contributed by atoms with Gasteiger partial charge in [0, 0.05) is 32.9 Å². The van der Waals surface area contributed by atoms with E-state index in [0.29, 0.717) is 0 Å². The van der Waals surface area contributed by atoms with Crippen LogP contribution in [0.25, 0.3) is 0 Å². The van der Waals surface area contributed by atoms with Crippen molar-refractivity contribution in [3.63, 3.8) is 0 Å². The molecular formula is C11H15N3O5. The van der Waals surface area contributed by atoms with Gasteiger partial charge in [0.05, 0.1) is 6.10 Å².